The maximum atomic E-state index is 12.5. The topological polar surface area (TPSA) is 92.0 Å². The highest BCUT2D eigenvalue weighted by Gasteiger charge is 2.34. The van der Waals surface area contributed by atoms with Crippen LogP contribution < -0.4 is 10.1 Å². The minimum absolute atomic E-state index is 0.119. The van der Waals surface area contributed by atoms with E-state index in [1.807, 2.05) is 24.9 Å². The molecule has 0 saturated heterocycles. The quantitative estimate of drug-likeness (QED) is 0.582. The van der Waals surface area contributed by atoms with Crippen LogP contribution in [0.25, 0.3) is 11.4 Å². The van der Waals surface area contributed by atoms with E-state index < -0.39 is 6.36 Å². The number of carbonyl (C=O) groups is 1. The Balaban J connectivity index is 2.05. The van der Waals surface area contributed by atoms with Gasteiger partial charge in [0.2, 0.25) is 5.91 Å². The highest BCUT2D eigenvalue weighted by Crippen LogP contribution is 2.38. The Morgan fingerprint density at radius 2 is 2.03 bits per heavy atom. The first-order valence-electron chi connectivity index (χ1n) is 10.3. The third-order valence-electron chi connectivity index (χ3n) is 5.45. The van der Waals surface area contributed by atoms with Crippen LogP contribution in [-0.2, 0) is 11.3 Å². The van der Waals surface area contributed by atoms with Crippen molar-refractivity contribution in [1.82, 2.24) is 20.0 Å². The first-order chi connectivity index (χ1) is 15.5. The number of allylic oxidation sites excluding steroid dienone is 1. The van der Waals surface area contributed by atoms with E-state index in [4.69, 9.17) is 0 Å². The smallest absolute Gasteiger partial charge is 0.406 e. The van der Waals surface area contributed by atoms with E-state index in [1.54, 1.807) is 0 Å². The number of nitrogens with zero attached hydrogens (tertiary/aromatic N) is 4. The van der Waals surface area contributed by atoms with Crippen LogP contribution in [0.1, 0.15) is 37.9 Å². The number of amides is 1. The summed E-state index contributed by atoms with van der Waals surface area (Å²) < 4.78 is 42.9. The molecule has 1 fully saturated rings. The summed E-state index contributed by atoms with van der Waals surface area (Å²) in [7, 11) is 1.90. The monoisotopic (exact) mass is 465 g/mol. The number of rotatable bonds is 8. The van der Waals surface area contributed by atoms with E-state index in [2.05, 4.69) is 26.9 Å². The van der Waals surface area contributed by atoms with Crippen molar-refractivity contribution in [3.63, 3.8) is 0 Å². The lowest BCUT2D eigenvalue weighted by molar-refractivity contribution is -0.274. The number of aliphatic hydroxyl groups excluding tert-OH is 1. The number of hydrogen-bond acceptors (Lipinski definition) is 6. The van der Waals surface area contributed by atoms with Crippen molar-refractivity contribution in [2.24, 2.45) is 4.99 Å². The van der Waals surface area contributed by atoms with E-state index >= 15 is 0 Å². The van der Waals surface area contributed by atoms with Gasteiger partial charge in [-0.1, -0.05) is 6.08 Å². The van der Waals surface area contributed by atoms with Crippen LogP contribution in [0, 0.1) is 0 Å². The molecule has 0 spiro atoms. The van der Waals surface area contributed by atoms with E-state index in [0.29, 0.717) is 35.6 Å². The summed E-state index contributed by atoms with van der Waals surface area (Å²) in [6, 6.07) is 5.34. The van der Waals surface area contributed by atoms with Crippen molar-refractivity contribution in [1.29, 1.82) is 0 Å². The van der Waals surface area contributed by atoms with Gasteiger partial charge in [-0.25, -0.2) is 9.67 Å². The Labute approximate surface area is 189 Å². The van der Waals surface area contributed by atoms with Gasteiger partial charge in [-0.2, -0.15) is 5.10 Å². The van der Waals surface area contributed by atoms with Crippen LogP contribution in [0.15, 0.2) is 35.3 Å². The predicted octanol–water partition coefficient (Wildman–Crippen LogP) is 3.56. The molecule has 3 rings (SSSR count). The standard InChI is InChI=1S/C22H26F3N5O3/c1-5-19(29(4)15-10-16(32)11-15)20-18(12-27-13(2)31)28-30(21(20)26-3)14-6-8-17(9-7-14)33-22(23,24)25/h5-9,15-16,32H,3,10-12H2,1-2,4H3,(H,27,31)/b19-5+. The lowest BCUT2D eigenvalue weighted by atomic mass is 9.87. The SMILES string of the molecule is C=Nc1c(/C(=C\C)N(C)C2CC(O)C2)c(CNC(C)=O)nn1-c1ccc(OC(F)(F)F)cc1. The summed E-state index contributed by atoms with van der Waals surface area (Å²) in [6.07, 6.45) is -1.99. The lowest BCUT2D eigenvalue weighted by Crippen LogP contribution is -2.44. The molecule has 1 saturated carbocycles. The van der Waals surface area contributed by atoms with Gasteiger partial charge < -0.3 is 20.1 Å². The van der Waals surface area contributed by atoms with E-state index in [9.17, 15) is 23.1 Å². The van der Waals surface area contributed by atoms with E-state index in [-0.39, 0.29) is 30.3 Å². The fourth-order valence-corrected chi connectivity index (χ4v) is 3.76. The molecule has 1 heterocycles. The number of hydrogen-bond donors (Lipinski definition) is 2. The molecule has 1 aliphatic rings. The number of aliphatic hydroxyl groups is 1. The second-order valence-electron chi connectivity index (χ2n) is 7.73. The van der Waals surface area contributed by atoms with E-state index in [1.165, 1.54) is 35.9 Å². The third-order valence-corrected chi connectivity index (χ3v) is 5.45. The van der Waals surface area contributed by atoms with Crippen molar-refractivity contribution >= 4 is 24.1 Å². The number of aliphatic imine (C=N–C) groups is 1. The molecule has 2 aromatic rings. The van der Waals surface area contributed by atoms with Gasteiger partial charge in [0.05, 0.1) is 29.6 Å². The third kappa shape index (κ3) is 5.54. The molecule has 1 amide bonds. The zero-order chi connectivity index (χ0) is 24.3. The fraction of sp³-hybridized carbons (Fsp3) is 0.409. The maximum absolute atomic E-state index is 12.5. The van der Waals surface area contributed by atoms with Crippen LogP contribution in [0.5, 0.6) is 5.75 Å². The Hall–Kier alpha value is -3.34. The zero-order valence-corrected chi connectivity index (χ0v) is 18.6. The second kappa shape index (κ2) is 9.65. The van der Waals surface area contributed by atoms with Crippen molar-refractivity contribution in [2.75, 3.05) is 7.05 Å². The summed E-state index contributed by atoms with van der Waals surface area (Å²) in [5.41, 5.74) is 2.39. The summed E-state index contributed by atoms with van der Waals surface area (Å²) >= 11 is 0. The number of benzene rings is 1. The molecule has 178 valence electrons. The van der Waals surface area contributed by atoms with Gasteiger partial charge in [0.15, 0.2) is 5.82 Å². The predicted molar refractivity (Wildman–Crippen MR) is 117 cm³/mol. The molecule has 0 bridgehead atoms. The molecule has 0 radical (unpaired) electrons. The molecule has 1 aromatic carbocycles. The van der Waals surface area contributed by atoms with Gasteiger partial charge in [0, 0.05) is 25.7 Å². The second-order valence-corrected chi connectivity index (χ2v) is 7.73. The van der Waals surface area contributed by atoms with E-state index in [0.717, 1.165) is 5.70 Å². The average molecular weight is 465 g/mol. The van der Waals surface area contributed by atoms with Gasteiger partial charge in [0.25, 0.3) is 0 Å². The van der Waals surface area contributed by atoms with Crippen LogP contribution >= 0.6 is 0 Å². The molecule has 11 heteroatoms. The number of alkyl halides is 3. The van der Waals surface area contributed by atoms with Gasteiger partial charge in [-0.3, -0.25) is 4.79 Å². The highest BCUT2D eigenvalue weighted by atomic mass is 19.4. The Morgan fingerprint density at radius 1 is 1.39 bits per heavy atom. The van der Waals surface area contributed by atoms with Gasteiger partial charge in [-0.05, 0) is 50.7 Å². The first-order valence-corrected chi connectivity index (χ1v) is 10.3. The van der Waals surface area contributed by atoms with Gasteiger partial charge in [0.1, 0.15) is 5.75 Å². The molecule has 8 nitrogen and oxygen atoms in total. The van der Waals surface area contributed by atoms with Crippen LogP contribution in [0.3, 0.4) is 0 Å². The highest BCUT2D eigenvalue weighted by molar-refractivity contribution is 5.77. The number of nitrogens with one attached hydrogen (secondary N) is 1. The minimum Gasteiger partial charge on any atom is -0.406 e. The maximum Gasteiger partial charge on any atom is 0.573 e. The Kier molecular flexibility index (Phi) is 7.11. The normalized spacial score (nSPS) is 18.5. The molecule has 0 atom stereocenters. The first kappa shape index (κ1) is 24.3. The number of ether oxygens (including phenoxy) is 1. The minimum atomic E-state index is -4.79. The molecule has 0 unspecified atom stereocenters. The molecule has 2 N–H and O–H groups in total. The summed E-state index contributed by atoms with van der Waals surface area (Å²) in [5, 5.41) is 17.0. The van der Waals surface area contributed by atoms with Crippen LogP contribution in [0.4, 0.5) is 19.0 Å². The van der Waals surface area contributed by atoms with Gasteiger partial charge in [-0.15, -0.1) is 13.2 Å². The molecule has 0 aliphatic heterocycles. The van der Waals surface area contributed by atoms with Crippen LogP contribution in [-0.4, -0.2) is 58.0 Å². The molecule has 33 heavy (non-hydrogen) atoms. The molecule has 1 aromatic heterocycles. The summed E-state index contributed by atoms with van der Waals surface area (Å²) in [5.74, 6) is -0.225. The number of aromatic nitrogens is 2. The fourth-order valence-electron chi connectivity index (χ4n) is 3.76. The lowest BCUT2D eigenvalue weighted by Gasteiger charge is -2.41. The average Bonchev–Trinajstić information content (AvgIpc) is 3.08. The van der Waals surface area contributed by atoms with Crippen molar-refractivity contribution in [2.45, 2.75) is 51.7 Å². The largest absolute Gasteiger partial charge is 0.573 e. The van der Waals surface area contributed by atoms with Crippen LogP contribution in [0.2, 0.25) is 0 Å². The van der Waals surface area contributed by atoms with Crippen molar-refractivity contribution in [3.8, 4) is 11.4 Å². The zero-order valence-electron chi connectivity index (χ0n) is 18.6. The number of carbonyl (C=O) groups excluding carboxylic acids is 1. The molecule has 1 aliphatic carbocycles. The summed E-state index contributed by atoms with van der Waals surface area (Å²) in [4.78, 5) is 17.7. The molecular weight excluding hydrogens is 439 g/mol. The Bertz CT molecular complexity index is 1040. The summed E-state index contributed by atoms with van der Waals surface area (Å²) in [6.45, 7) is 7.03. The number of halogens is 3. The van der Waals surface area contributed by atoms with Crippen molar-refractivity contribution < 1.29 is 27.8 Å². The van der Waals surface area contributed by atoms with Crippen molar-refractivity contribution in [3.05, 3.63) is 41.6 Å². The van der Waals surface area contributed by atoms with Gasteiger partial charge >= 0.3 is 6.36 Å². The Morgan fingerprint density at radius 3 is 2.52 bits per heavy atom. The molecular formula is C22H26F3N5O3.